The van der Waals surface area contributed by atoms with Crippen molar-refractivity contribution in [3.63, 3.8) is 0 Å². The van der Waals surface area contributed by atoms with Crippen LogP contribution in [0.15, 0.2) is 63.9 Å². The number of halogens is 1. The number of nitrogens with zero attached hydrogens (tertiary/aromatic N) is 2. The first-order chi connectivity index (χ1) is 12.8. The summed E-state index contributed by atoms with van der Waals surface area (Å²) in [6, 6.07) is 15.8. The Kier molecular flexibility index (Phi) is 5.56. The minimum Gasteiger partial charge on any atom is -0.324 e. The third kappa shape index (κ3) is 4.34. The number of hydrogen-bond donors (Lipinski definition) is 1. The molecule has 1 amide bonds. The molecule has 2 aromatic carbocycles. The Bertz CT molecular complexity index is 1040. The van der Waals surface area contributed by atoms with E-state index in [1.807, 2.05) is 50.2 Å². The highest BCUT2D eigenvalue weighted by Crippen LogP contribution is 2.21. The molecule has 0 radical (unpaired) electrons. The van der Waals surface area contributed by atoms with E-state index in [1.165, 1.54) is 10.7 Å². The van der Waals surface area contributed by atoms with E-state index in [0.29, 0.717) is 11.4 Å². The van der Waals surface area contributed by atoms with Gasteiger partial charge in [-0.2, -0.15) is 5.10 Å². The molecule has 0 saturated heterocycles. The topological polar surface area (TPSA) is 64.0 Å². The first kappa shape index (κ1) is 19.0. The average Bonchev–Trinajstić information content (AvgIpc) is 2.65. The van der Waals surface area contributed by atoms with E-state index in [1.54, 1.807) is 19.1 Å². The first-order valence-electron chi connectivity index (χ1n) is 8.59. The van der Waals surface area contributed by atoms with Gasteiger partial charge in [0.05, 0.1) is 5.69 Å². The zero-order valence-electron chi connectivity index (χ0n) is 15.4. The second-order valence-electron chi connectivity index (χ2n) is 6.50. The molecule has 0 saturated carbocycles. The molecule has 0 aliphatic heterocycles. The second-order valence-corrected chi connectivity index (χ2v) is 7.35. The van der Waals surface area contributed by atoms with Crippen LogP contribution in [0.2, 0.25) is 0 Å². The lowest BCUT2D eigenvalue weighted by Gasteiger charge is -2.15. The summed E-state index contributed by atoms with van der Waals surface area (Å²) in [6.07, 6.45) is 0. The molecule has 0 fully saturated rings. The fourth-order valence-electron chi connectivity index (χ4n) is 2.66. The minimum atomic E-state index is -0.744. The van der Waals surface area contributed by atoms with Crippen LogP contribution in [0.3, 0.4) is 0 Å². The molecule has 27 heavy (non-hydrogen) atoms. The summed E-state index contributed by atoms with van der Waals surface area (Å²) in [7, 11) is 0. The van der Waals surface area contributed by atoms with Crippen LogP contribution in [0.5, 0.6) is 0 Å². The molecule has 6 heteroatoms. The van der Waals surface area contributed by atoms with Gasteiger partial charge in [0.15, 0.2) is 0 Å². The van der Waals surface area contributed by atoms with Crippen LogP contribution < -0.4 is 10.9 Å². The number of carbonyl (C=O) groups is 1. The fourth-order valence-corrected chi connectivity index (χ4v) is 2.91. The molecule has 1 N–H and O–H groups in total. The second kappa shape index (κ2) is 7.88. The van der Waals surface area contributed by atoms with E-state index < -0.39 is 6.04 Å². The van der Waals surface area contributed by atoms with Crippen LogP contribution in [0, 0.1) is 13.8 Å². The molecule has 1 atom stereocenters. The van der Waals surface area contributed by atoms with E-state index in [4.69, 9.17) is 0 Å². The number of nitrogens with one attached hydrogen (secondary N) is 1. The van der Waals surface area contributed by atoms with Gasteiger partial charge in [-0.3, -0.25) is 9.59 Å². The van der Waals surface area contributed by atoms with Crippen LogP contribution in [-0.2, 0) is 4.79 Å². The normalized spacial score (nSPS) is 11.9. The number of anilines is 1. The Morgan fingerprint density at radius 3 is 2.44 bits per heavy atom. The molecule has 5 nitrogen and oxygen atoms in total. The Morgan fingerprint density at radius 2 is 1.78 bits per heavy atom. The monoisotopic (exact) mass is 425 g/mol. The van der Waals surface area contributed by atoms with Crippen molar-refractivity contribution in [3.05, 3.63) is 80.6 Å². The summed E-state index contributed by atoms with van der Waals surface area (Å²) in [5, 5.41) is 7.24. The summed E-state index contributed by atoms with van der Waals surface area (Å²) < 4.78 is 2.19. The van der Waals surface area contributed by atoms with Crippen molar-refractivity contribution in [1.29, 1.82) is 0 Å². The van der Waals surface area contributed by atoms with Crippen LogP contribution in [0.25, 0.3) is 11.3 Å². The van der Waals surface area contributed by atoms with Gasteiger partial charge in [-0.05, 0) is 50.6 Å². The lowest BCUT2D eigenvalue weighted by Crippen LogP contribution is -2.33. The lowest BCUT2D eigenvalue weighted by atomic mass is 10.1. The molecule has 3 rings (SSSR count). The summed E-state index contributed by atoms with van der Waals surface area (Å²) in [5.74, 6) is -0.299. The van der Waals surface area contributed by atoms with Crippen molar-refractivity contribution in [3.8, 4) is 11.3 Å². The number of rotatable bonds is 4. The molecule has 1 heterocycles. The van der Waals surface area contributed by atoms with E-state index in [0.717, 1.165) is 21.2 Å². The van der Waals surface area contributed by atoms with Crippen molar-refractivity contribution >= 4 is 27.5 Å². The van der Waals surface area contributed by atoms with Crippen LogP contribution >= 0.6 is 15.9 Å². The number of aromatic nitrogens is 2. The van der Waals surface area contributed by atoms with Gasteiger partial charge >= 0.3 is 0 Å². The van der Waals surface area contributed by atoms with Gasteiger partial charge in [-0.25, -0.2) is 4.68 Å². The first-order valence-corrected chi connectivity index (χ1v) is 9.38. The smallest absolute Gasteiger partial charge is 0.267 e. The summed E-state index contributed by atoms with van der Waals surface area (Å²) in [4.78, 5) is 24.9. The van der Waals surface area contributed by atoms with E-state index in [2.05, 4.69) is 26.3 Å². The standard InChI is InChI=1S/C21H20BrN3O2/c1-13-4-6-16(7-5-13)19-10-11-20(26)25(24-19)15(3)21(27)23-17-8-9-18(22)14(2)12-17/h4-12,15H,1-3H3,(H,23,27). The number of amides is 1. The Hall–Kier alpha value is -2.73. The van der Waals surface area contributed by atoms with Crippen molar-refractivity contribution in [1.82, 2.24) is 9.78 Å². The average molecular weight is 426 g/mol. The maximum Gasteiger partial charge on any atom is 0.267 e. The molecular formula is C21H20BrN3O2. The number of aryl methyl sites for hydroxylation is 2. The van der Waals surface area contributed by atoms with Crippen LogP contribution in [0.1, 0.15) is 24.1 Å². The number of benzene rings is 2. The number of hydrogen-bond acceptors (Lipinski definition) is 3. The van der Waals surface area contributed by atoms with E-state index >= 15 is 0 Å². The maximum atomic E-state index is 12.6. The fraction of sp³-hybridized carbons (Fsp3) is 0.190. The SMILES string of the molecule is Cc1ccc(-c2ccc(=O)n(C(C)C(=O)Nc3ccc(Br)c(C)c3)n2)cc1. The largest absolute Gasteiger partial charge is 0.324 e. The van der Waals surface area contributed by atoms with Crippen molar-refractivity contribution in [2.45, 2.75) is 26.8 Å². The molecular weight excluding hydrogens is 406 g/mol. The van der Waals surface area contributed by atoms with Crippen molar-refractivity contribution < 1.29 is 4.79 Å². The van der Waals surface area contributed by atoms with Gasteiger partial charge in [-0.1, -0.05) is 45.8 Å². The molecule has 1 aromatic heterocycles. The Labute approximate surface area is 166 Å². The summed E-state index contributed by atoms with van der Waals surface area (Å²) in [5.41, 5.74) is 4.05. The Morgan fingerprint density at radius 1 is 1.07 bits per heavy atom. The van der Waals surface area contributed by atoms with Crippen LogP contribution in [0.4, 0.5) is 5.69 Å². The molecule has 1 unspecified atom stereocenters. The molecule has 3 aromatic rings. The van der Waals surface area contributed by atoms with E-state index in [-0.39, 0.29) is 11.5 Å². The predicted octanol–water partition coefficient (Wildman–Crippen LogP) is 4.49. The van der Waals surface area contributed by atoms with Gasteiger partial charge in [0.2, 0.25) is 5.91 Å². The highest BCUT2D eigenvalue weighted by molar-refractivity contribution is 9.10. The molecule has 0 bridgehead atoms. The van der Waals surface area contributed by atoms with Gasteiger partial charge in [0.25, 0.3) is 5.56 Å². The highest BCUT2D eigenvalue weighted by Gasteiger charge is 2.18. The quantitative estimate of drug-likeness (QED) is 0.669. The zero-order chi connectivity index (χ0) is 19.6. The van der Waals surface area contributed by atoms with Gasteiger partial charge < -0.3 is 5.32 Å². The van der Waals surface area contributed by atoms with Crippen molar-refractivity contribution in [2.75, 3.05) is 5.32 Å². The molecule has 0 spiro atoms. The molecule has 0 aliphatic rings. The van der Waals surface area contributed by atoms with E-state index in [9.17, 15) is 9.59 Å². The highest BCUT2D eigenvalue weighted by atomic mass is 79.9. The van der Waals surface area contributed by atoms with Gasteiger partial charge in [-0.15, -0.1) is 0 Å². The Balaban J connectivity index is 1.86. The third-order valence-corrected chi connectivity index (χ3v) is 5.23. The lowest BCUT2D eigenvalue weighted by molar-refractivity contribution is -0.119. The van der Waals surface area contributed by atoms with Gasteiger partial charge in [0, 0.05) is 21.8 Å². The summed E-state index contributed by atoms with van der Waals surface area (Å²) in [6.45, 7) is 5.61. The third-order valence-electron chi connectivity index (χ3n) is 4.34. The zero-order valence-corrected chi connectivity index (χ0v) is 16.9. The molecule has 138 valence electrons. The van der Waals surface area contributed by atoms with Gasteiger partial charge in [0.1, 0.15) is 6.04 Å². The summed E-state index contributed by atoms with van der Waals surface area (Å²) >= 11 is 3.44. The number of carbonyl (C=O) groups excluding carboxylic acids is 1. The van der Waals surface area contributed by atoms with Crippen molar-refractivity contribution in [2.24, 2.45) is 0 Å². The minimum absolute atomic E-state index is 0.299. The van der Waals surface area contributed by atoms with Crippen LogP contribution in [-0.4, -0.2) is 15.7 Å². The molecule has 0 aliphatic carbocycles. The maximum absolute atomic E-state index is 12.6. The predicted molar refractivity (Wildman–Crippen MR) is 111 cm³/mol.